The average Bonchev–Trinajstić information content (AvgIpc) is 4.47. The molecule has 4 aromatic heterocycles. The topological polar surface area (TPSA) is 4.93 Å². The zero-order valence-electron chi connectivity index (χ0n) is 46.3. The maximum Gasteiger partial charge on any atom is 0.0541 e. The molecule has 0 N–H and O–H groups in total. The van der Waals surface area contributed by atoms with Crippen LogP contribution < -0.4 is 0 Å². The summed E-state index contributed by atoms with van der Waals surface area (Å²) in [6.07, 6.45) is 12.5. The van der Waals surface area contributed by atoms with E-state index in [2.05, 4.69) is 224 Å². The van der Waals surface area contributed by atoms with Crippen molar-refractivity contribution in [1.29, 1.82) is 0 Å². The second-order valence-electron chi connectivity index (χ2n) is 24.5. The predicted octanol–water partition coefficient (Wildman–Crippen LogP) is 23.3. The van der Waals surface area contributed by atoms with E-state index in [1.54, 1.807) is 5.56 Å². The Morgan fingerprint density at radius 1 is 0.390 bits per heavy atom. The first-order valence-corrected chi connectivity index (χ1v) is 31.1. The van der Waals surface area contributed by atoms with Crippen molar-refractivity contribution in [2.24, 2.45) is 0 Å². The fourth-order valence-corrected chi connectivity index (χ4v) is 16.4. The van der Waals surface area contributed by atoms with Crippen LogP contribution in [0.3, 0.4) is 0 Å². The molecule has 12 aromatic rings. The van der Waals surface area contributed by atoms with E-state index in [1.165, 1.54) is 192 Å². The Hall–Kier alpha value is -6.30. The van der Waals surface area contributed by atoms with Crippen LogP contribution in [0.25, 0.3) is 111 Å². The number of hydrogen-bond donors (Lipinski definition) is 0. The zero-order valence-corrected chi connectivity index (χ0v) is 48.8. The number of benzene rings is 8. The number of fused-ring (bicyclic) bond motifs is 6. The lowest BCUT2D eigenvalue weighted by Crippen LogP contribution is -2.26. The monoisotopic (exact) mass is 1060 g/mol. The second-order valence-corrected chi connectivity index (χ2v) is 27.7. The summed E-state index contributed by atoms with van der Waals surface area (Å²) in [4.78, 5) is 8.02. The largest absolute Gasteiger partial charge is 0.309 e. The molecule has 0 saturated carbocycles. The minimum absolute atomic E-state index is 0.0559. The lowest BCUT2D eigenvalue weighted by atomic mass is 9.70. The molecule has 0 aliphatic heterocycles. The molecule has 386 valence electrons. The Morgan fingerprint density at radius 3 is 1.45 bits per heavy atom. The Morgan fingerprint density at radius 2 is 0.870 bits per heavy atom. The van der Waals surface area contributed by atoms with Crippen molar-refractivity contribution in [3.05, 3.63) is 186 Å². The molecule has 0 radical (unpaired) electrons. The van der Waals surface area contributed by atoms with E-state index in [4.69, 9.17) is 0 Å². The van der Waals surface area contributed by atoms with Gasteiger partial charge in [-0.25, -0.2) is 0 Å². The number of nitrogens with zero attached hydrogens (tertiary/aromatic N) is 1. The second kappa shape index (κ2) is 19.6. The first-order chi connectivity index (χ1) is 37.3. The summed E-state index contributed by atoms with van der Waals surface area (Å²) in [7, 11) is 0. The lowest BCUT2D eigenvalue weighted by molar-refractivity contribution is 0.401. The molecule has 0 saturated heterocycles. The van der Waals surface area contributed by atoms with Gasteiger partial charge in [0, 0.05) is 51.1 Å². The molecule has 0 bridgehead atoms. The number of unbranched alkanes of at least 4 members (excludes halogenated alkanes) is 6. The fraction of sp³-hybridized carbons (Fsp3) is 0.288. The highest BCUT2D eigenvalue weighted by Crippen LogP contribution is 2.57. The summed E-state index contributed by atoms with van der Waals surface area (Å²) >= 11 is 5.80. The zero-order chi connectivity index (χ0) is 52.8. The molecule has 4 heteroatoms. The highest BCUT2D eigenvalue weighted by atomic mass is 32.1. The van der Waals surface area contributed by atoms with Gasteiger partial charge in [-0.2, -0.15) is 0 Å². The first kappa shape index (κ1) is 50.2. The van der Waals surface area contributed by atoms with Gasteiger partial charge in [0.25, 0.3) is 0 Å². The van der Waals surface area contributed by atoms with Crippen LogP contribution in [0.2, 0.25) is 0 Å². The molecular formula is C73H71NS3. The summed E-state index contributed by atoms with van der Waals surface area (Å²) in [5.41, 5.74) is 15.3. The third-order valence-electron chi connectivity index (χ3n) is 17.4. The number of rotatable bonds is 15. The van der Waals surface area contributed by atoms with Crippen LogP contribution in [0.4, 0.5) is 0 Å². The molecule has 8 aromatic carbocycles. The van der Waals surface area contributed by atoms with Crippen molar-refractivity contribution in [1.82, 2.24) is 4.57 Å². The van der Waals surface area contributed by atoms with Crippen LogP contribution >= 0.6 is 34.0 Å². The van der Waals surface area contributed by atoms with Gasteiger partial charge in [0.1, 0.15) is 0 Å². The van der Waals surface area contributed by atoms with Crippen LogP contribution in [0.15, 0.2) is 164 Å². The molecule has 0 fully saturated rings. The summed E-state index contributed by atoms with van der Waals surface area (Å²) in [5, 5.41) is 10.7. The van der Waals surface area contributed by atoms with Gasteiger partial charge in [-0.05, 0) is 179 Å². The summed E-state index contributed by atoms with van der Waals surface area (Å²) in [5.74, 6) is 0. The number of thiophene rings is 3. The highest BCUT2D eigenvalue weighted by molar-refractivity contribution is 7.28. The molecule has 4 heterocycles. The summed E-state index contributed by atoms with van der Waals surface area (Å²) in [6, 6.07) is 64.3. The third-order valence-corrected chi connectivity index (χ3v) is 21.1. The average molecular weight is 1060 g/mol. The van der Waals surface area contributed by atoms with Crippen molar-refractivity contribution in [3.63, 3.8) is 0 Å². The van der Waals surface area contributed by atoms with Gasteiger partial charge in [0.05, 0.1) is 11.0 Å². The van der Waals surface area contributed by atoms with E-state index in [1.807, 2.05) is 34.0 Å². The van der Waals surface area contributed by atoms with Gasteiger partial charge in [-0.15, -0.1) is 34.0 Å². The van der Waals surface area contributed by atoms with Gasteiger partial charge in [0.2, 0.25) is 0 Å². The maximum absolute atomic E-state index is 2.64. The van der Waals surface area contributed by atoms with Gasteiger partial charge < -0.3 is 4.57 Å². The van der Waals surface area contributed by atoms with Crippen molar-refractivity contribution < 1.29 is 0 Å². The Balaban J connectivity index is 0.863. The molecule has 1 aliphatic carbocycles. The lowest BCUT2D eigenvalue weighted by Gasteiger charge is -2.33. The van der Waals surface area contributed by atoms with Gasteiger partial charge in [0.15, 0.2) is 0 Å². The fourth-order valence-electron chi connectivity index (χ4n) is 13.2. The minimum Gasteiger partial charge on any atom is -0.309 e. The van der Waals surface area contributed by atoms with Gasteiger partial charge >= 0.3 is 0 Å². The van der Waals surface area contributed by atoms with E-state index in [9.17, 15) is 0 Å². The van der Waals surface area contributed by atoms with Crippen LogP contribution in [-0.4, -0.2) is 4.57 Å². The summed E-state index contributed by atoms with van der Waals surface area (Å²) < 4.78 is 2.59. The van der Waals surface area contributed by atoms with E-state index >= 15 is 0 Å². The quantitative estimate of drug-likeness (QED) is 0.0712. The minimum atomic E-state index is -0.0599. The van der Waals surface area contributed by atoms with E-state index in [-0.39, 0.29) is 16.2 Å². The van der Waals surface area contributed by atoms with Crippen LogP contribution in [-0.2, 0) is 16.2 Å². The van der Waals surface area contributed by atoms with E-state index in [0.29, 0.717) is 0 Å². The highest BCUT2D eigenvalue weighted by Gasteiger charge is 2.43. The van der Waals surface area contributed by atoms with Crippen molar-refractivity contribution >= 4 is 88.1 Å². The first-order valence-electron chi connectivity index (χ1n) is 28.7. The molecule has 1 nitrogen and oxygen atoms in total. The molecule has 13 rings (SSSR count). The Kier molecular flexibility index (Phi) is 12.8. The smallest absolute Gasteiger partial charge is 0.0541 e. The van der Waals surface area contributed by atoms with E-state index in [0.717, 1.165) is 0 Å². The molecule has 77 heavy (non-hydrogen) atoms. The van der Waals surface area contributed by atoms with Crippen LogP contribution in [0, 0.1) is 0 Å². The van der Waals surface area contributed by atoms with Crippen molar-refractivity contribution in [3.8, 4) is 57.2 Å². The Bertz CT molecular complexity index is 4070. The maximum atomic E-state index is 2.64. The Labute approximate surface area is 468 Å². The predicted molar refractivity (Wildman–Crippen MR) is 341 cm³/mol. The SMILES string of the molecule is CCCCCCC1(CCCCCC)c2cc(-c3ccc(-c4ccc(-c5ccc(-c6ccc7ccc8cccc9ccc6c7c89)s5)s4)s3)ccc2-c2ccc(-n3c4ccc(C(C)(C)C)cc4c4cc(C(C)(C)C)ccc43)cc21. The molecule has 0 spiro atoms. The van der Waals surface area contributed by atoms with Crippen LogP contribution in [0.1, 0.15) is 142 Å². The number of aromatic nitrogens is 1. The van der Waals surface area contributed by atoms with Crippen LogP contribution in [0.5, 0.6) is 0 Å². The summed E-state index contributed by atoms with van der Waals surface area (Å²) in [6.45, 7) is 18.7. The van der Waals surface area contributed by atoms with Crippen molar-refractivity contribution in [2.45, 2.75) is 136 Å². The molecule has 0 unspecified atom stereocenters. The van der Waals surface area contributed by atoms with Gasteiger partial charge in [-0.3, -0.25) is 0 Å². The van der Waals surface area contributed by atoms with Crippen molar-refractivity contribution in [2.75, 3.05) is 0 Å². The van der Waals surface area contributed by atoms with E-state index < -0.39 is 0 Å². The number of hydrogen-bond acceptors (Lipinski definition) is 3. The molecule has 0 atom stereocenters. The third kappa shape index (κ3) is 8.69. The molecular weight excluding hydrogens is 987 g/mol. The normalized spacial score (nSPS) is 13.6. The molecule has 0 amide bonds. The standard InChI is InChI=1S/C73H71NS3/c1-9-11-13-15-40-73(41-16-14-12-10-2)59-42-49(24-28-53(59)54-31-27-52(45-60(54)73)74-61-32-25-50(71(3,4)5)43-57(61)58-44-51(72(6,7)8)26-33-62(58)74)63-34-36-65(75-63)67-38-39-68(77-67)66-37-35-64(76-66)55-29-22-48-21-20-46-18-17-19-47-23-30-56(55)70(48)69(46)47/h17-39,42-45H,9-16,40-41H2,1-8H3. The molecule has 1 aliphatic rings. The van der Waals surface area contributed by atoms with Gasteiger partial charge in [-0.1, -0.05) is 192 Å².